The molecule has 1 saturated carbocycles. The van der Waals surface area contributed by atoms with E-state index in [9.17, 15) is 19.8 Å². The number of carboxylic acid groups (broad SMARTS) is 1. The summed E-state index contributed by atoms with van der Waals surface area (Å²) in [6.07, 6.45) is 8.82. The number of nitrogens with one attached hydrogen (secondary N) is 1. The van der Waals surface area contributed by atoms with Crippen LogP contribution < -0.4 is 5.32 Å². The molecule has 1 amide bonds. The Morgan fingerprint density at radius 3 is 2.71 bits per heavy atom. The monoisotopic (exact) mass is 514 g/mol. The number of benzene rings is 2. The van der Waals surface area contributed by atoms with Gasteiger partial charge in [0.15, 0.2) is 0 Å². The Kier molecular flexibility index (Phi) is 7.01. The first-order valence-electron chi connectivity index (χ1n) is 12.4. The van der Waals surface area contributed by atoms with Crippen LogP contribution >= 0.6 is 0 Å². The normalized spacial score (nSPS) is 14.6. The molecular weight excluding hydrogens is 488 g/mol. The van der Waals surface area contributed by atoms with Gasteiger partial charge in [0.1, 0.15) is 23.9 Å². The van der Waals surface area contributed by atoms with E-state index in [1.165, 1.54) is 24.6 Å². The molecule has 0 unspecified atom stereocenters. The van der Waals surface area contributed by atoms with Crippen molar-refractivity contribution in [1.82, 2.24) is 14.9 Å². The Morgan fingerprint density at radius 1 is 1.18 bits per heavy atom. The van der Waals surface area contributed by atoms with Gasteiger partial charge in [-0.05, 0) is 60.3 Å². The molecule has 1 fully saturated rings. The number of imidazole rings is 1. The van der Waals surface area contributed by atoms with Crippen LogP contribution in [0, 0.1) is 0 Å². The van der Waals surface area contributed by atoms with Gasteiger partial charge in [0.2, 0.25) is 0 Å². The van der Waals surface area contributed by atoms with Crippen molar-refractivity contribution in [3.8, 4) is 17.1 Å². The summed E-state index contributed by atoms with van der Waals surface area (Å²) < 4.78 is 7.53. The van der Waals surface area contributed by atoms with E-state index in [2.05, 4.69) is 19.9 Å². The van der Waals surface area contributed by atoms with Gasteiger partial charge in [-0.2, -0.15) is 0 Å². The molecule has 0 spiro atoms. The predicted molar refractivity (Wildman–Crippen MR) is 139 cm³/mol. The van der Waals surface area contributed by atoms with Gasteiger partial charge in [0, 0.05) is 22.9 Å². The fourth-order valence-corrected chi connectivity index (χ4v) is 5.05. The number of azide groups is 1. The predicted octanol–water partition coefficient (Wildman–Crippen LogP) is 5.87. The summed E-state index contributed by atoms with van der Waals surface area (Å²) >= 11 is 0. The molecule has 4 aromatic rings. The first-order chi connectivity index (χ1) is 18.4. The van der Waals surface area contributed by atoms with Crippen molar-refractivity contribution in [2.24, 2.45) is 5.11 Å². The van der Waals surface area contributed by atoms with Crippen LogP contribution in [0.1, 0.15) is 54.1 Å². The molecule has 2 heterocycles. The third-order valence-corrected chi connectivity index (χ3v) is 6.91. The second-order valence-electron chi connectivity index (χ2n) is 9.39. The number of carboxylic acids is 1. The summed E-state index contributed by atoms with van der Waals surface area (Å²) in [4.78, 5) is 32.5. The molecule has 2 aromatic heterocycles. The van der Waals surface area contributed by atoms with Crippen LogP contribution in [0.15, 0.2) is 64.5 Å². The lowest BCUT2D eigenvalue weighted by Gasteiger charge is -2.25. The molecule has 2 aromatic carbocycles. The van der Waals surface area contributed by atoms with Gasteiger partial charge in [-0.15, -0.1) is 0 Å². The van der Waals surface area contributed by atoms with E-state index in [1.807, 2.05) is 12.1 Å². The van der Waals surface area contributed by atoms with Crippen molar-refractivity contribution in [1.29, 1.82) is 0 Å². The van der Waals surface area contributed by atoms with E-state index in [1.54, 1.807) is 24.7 Å². The van der Waals surface area contributed by atoms with Crippen LogP contribution in [0.4, 0.5) is 5.69 Å². The molecule has 5 rings (SSSR count). The lowest BCUT2D eigenvalue weighted by molar-refractivity contribution is -0.139. The maximum absolute atomic E-state index is 13.1. The molecule has 11 heteroatoms. The third-order valence-electron chi connectivity index (χ3n) is 6.91. The molecule has 0 aliphatic heterocycles. The highest BCUT2D eigenvalue weighted by molar-refractivity contribution is 5.99. The van der Waals surface area contributed by atoms with Crippen molar-refractivity contribution in [3.05, 3.63) is 76.6 Å². The largest absolute Gasteiger partial charge is 0.507 e. The summed E-state index contributed by atoms with van der Waals surface area (Å²) in [5.74, 6) is -1.21. The third kappa shape index (κ3) is 5.05. The van der Waals surface area contributed by atoms with Crippen LogP contribution in [0.25, 0.3) is 32.9 Å². The smallest absolute Gasteiger partial charge is 0.326 e. The Hall–Kier alpha value is -4.76. The minimum Gasteiger partial charge on any atom is -0.507 e. The molecule has 1 aliphatic rings. The van der Waals surface area contributed by atoms with Crippen molar-refractivity contribution < 1.29 is 24.2 Å². The number of rotatable bonds is 8. The summed E-state index contributed by atoms with van der Waals surface area (Å²) in [6.45, 7) is 0. The van der Waals surface area contributed by atoms with E-state index < -0.39 is 17.9 Å². The highest BCUT2D eigenvalue weighted by Gasteiger charge is 2.25. The number of phenols is 1. The highest BCUT2D eigenvalue weighted by atomic mass is 16.4. The fourth-order valence-electron chi connectivity index (χ4n) is 5.05. The number of aromatic nitrogens is 2. The zero-order valence-electron chi connectivity index (χ0n) is 20.4. The van der Waals surface area contributed by atoms with Gasteiger partial charge < -0.3 is 24.5 Å². The van der Waals surface area contributed by atoms with Crippen LogP contribution in [-0.4, -0.2) is 37.7 Å². The van der Waals surface area contributed by atoms with E-state index in [-0.39, 0.29) is 23.4 Å². The molecule has 38 heavy (non-hydrogen) atoms. The van der Waals surface area contributed by atoms with Crippen LogP contribution in [0.5, 0.6) is 5.75 Å². The number of carbonyl (C=O) groups excluding carboxylic acids is 1. The zero-order valence-corrected chi connectivity index (χ0v) is 20.4. The first-order valence-corrected chi connectivity index (χ1v) is 12.4. The SMILES string of the molecule is [N-]=[N+]=Nc1cc(C[C@@H](NC(=O)c2ccc3c(c2)nc(-c2ccoc2)n3C2CCCCC2)C(=O)O)ccc1O. The van der Waals surface area contributed by atoms with E-state index >= 15 is 0 Å². The van der Waals surface area contributed by atoms with Crippen LogP contribution in [0.2, 0.25) is 0 Å². The second kappa shape index (κ2) is 10.7. The first kappa shape index (κ1) is 24.9. The number of amides is 1. The Bertz CT molecular complexity index is 1530. The van der Waals surface area contributed by atoms with Gasteiger partial charge >= 0.3 is 5.97 Å². The second-order valence-corrected chi connectivity index (χ2v) is 9.39. The lowest BCUT2D eigenvalue weighted by atomic mass is 9.95. The average Bonchev–Trinajstić information content (AvgIpc) is 3.58. The maximum Gasteiger partial charge on any atom is 0.326 e. The van der Waals surface area contributed by atoms with Crippen molar-refractivity contribution in [2.75, 3.05) is 0 Å². The van der Waals surface area contributed by atoms with Crippen molar-refractivity contribution in [2.45, 2.75) is 50.6 Å². The van der Waals surface area contributed by atoms with Crippen molar-refractivity contribution in [3.63, 3.8) is 0 Å². The standard InChI is InChI=1S/C27H26N6O5/c28-32-31-21-12-16(6-9-24(21)34)13-22(27(36)37)30-26(35)17-7-8-23-20(14-17)29-25(18-10-11-38-15-18)33(23)19-4-2-1-3-5-19/h6-12,14-15,19,22,34H,1-5,13H2,(H,30,35)(H,36,37)/t22-/m1/s1. The Morgan fingerprint density at radius 2 is 2.00 bits per heavy atom. The Balaban J connectivity index is 1.42. The van der Waals surface area contributed by atoms with Gasteiger partial charge in [-0.1, -0.05) is 30.4 Å². The minimum absolute atomic E-state index is 0.0205. The number of phenolic OH excluding ortho intramolecular Hbond substituents is 1. The summed E-state index contributed by atoms with van der Waals surface area (Å²) in [5.41, 5.74) is 11.8. The average molecular weight is 515 g/mol. The summed E-state index contributed by atoms with van der Waals surface area (Å²) in [5, 5.41) is 25.5. The number of carbonyl (C=O) groups is 2. The molecule has 3 N–H and O–H groups in total. The number of aliphatic carboxylic acids is 1. The molecule has 194 valence electrons. The van der Waals surface area contributed by atoms with Gasteiger partial charge in [-0.25, -0.2) is 9.78 Å². The number of furan rings is 1. The maximum atomic E-state index is 13.1. The topological polar surface area (TPSA) is 166 Å². The summed E-state index contributed by atoms with van der Waals surface area (Å²) in [6, 6.07) is 10.3. The lowest BCUT2D eigenvalue weighted by Crippen LogP contribution is -2.42. The van der Waals surface area contributed by atoms with E-state index in [0.29, 0.717) is 17.1 Å². The highest BCUT2D eigenvalue weighted by Crippen LogP contribution is 2.36. The molecule has 1 aliphatic carbocycles. The molecule has 1 atom stereocenters. The van der Waals surface area contributed by atoms with Crippen LogP contribution in [-0.2, 0) is 11.2 Å². The number of fused-ring (bicyclic) bond motifs is 1. The van der Waals surface area contributed by atoms with E-state index in [0.717, 1.165) is 42.6 Å². The van der Waals surface area contributed by atoms with E-state index in [4.69, 9.17) is 14.9 Å². The van der Waals surface area contributed by atoms with Gasteiger partial charge in [0.25, 0.3) is 5.91 Å². The van der Waals surface area contributed by atoms with Crippen molar-refractivity contribution >= 4 is 28.6 Å². The molecule has 0 bridgehead atoms. The number of hydrogen-bond acceptors (Lipinski definition) is 6. The summed E-state index contributed by atoms with van der Waals surface area (Å²) in [7, 11) is 0. The minimum atomic E-state index is -1.25. The fraction of sp³-hybridized carbons (Fsp3) is 0.296. The number of hydrogen-bond donors (Lipinski definition) is 3. The quantitative estimate of drug-likeness (QED) is 0.151. The van der Waals surface area contributed by atoms with Crippen LogP contribution in [0.3, 0.4) is 0 Å². The molecular formula is C27H26N6O5. The Labute approximate surface area is 217 Å². The number of aromatic hydroxyl groups is 1. The molecule has 0 saturated heterocycles. The zero-order chi connectivity index (χ0) is 26.6. The van der Waals surface area contributed by atoms with Gasteiger partial charge in [-0.3, -0.25) is 4.79 Å². The van der Waals surface area contributed by atoms with Gasteiger partial charge in [0.05, 0.1) is 28.5 Å². The molecule has 11 nitrogen and oxygen atoms in total. The number of nitrogens with zero attached hydrogens (tertiary/aromatic N) is 5. The molecule has 0 radical (unpaired) electrons.